The Hall–Kier alpha value is -1.39. The lowest BCUT2D eigenvalue weighted by molar-refractivity contribution is -0.123. The summed E-state index contributed by atoms with van der Waals surface area (Å²) in [7, 11) is 0. The molecular formula is C14H22N2O2. The zero-order valence-electron chi connectivity index (χ0n) is 11.0. The van der Waals surface area contributed by atoms with Gasteiger partial charge in [0.25, 0.3) is 0 Å². The summed E-state index contributed by atoms with van der Waals surface area (Å²) in [4.78, 5) is 11.9. The van der Waals surface area contributed by atoms with Crippen molar-refractivity contribution in [1.82, 2.24) is 5.32 Å². The number of nitrogens with one attached hydrogen (secondary N) is 1. The van der Waals surface area contributed by atoms with Crippen LogP contribution in [0.3, 0.4) is 0 Å². The molecule has 0 spiro atoms. The highest BCUT2D eigenvalue weighted by Gasteiger charge is 2.19. The third-order valence-electron chi connectivity index (χ3n) is 2.76. The fourth-order valence-electron chi connectivity index (χ4n) is 1.85. The van der Waals surface area contributed by atoms with E-state index in [1.807, 2.05) is 44.2 Å². The largest absolute Gasteiger partial charge is 0.394 e. The molecule has 100 valence electrons. The van der Waals surface area contributed by atoms with Crippen molar-refractivity contribution in [2.75, 3.05) is 6.61 Å². The van der Waals surface area contributed by atoms with Crippen LogP contribution in [0.5, 0.6) is 0 Å². The van der Waals surface area contributed by atoms with E-state index < -0.39 is 6.04 Å². The molecule has 4 heteroatoms. The molecule has 2 atom stereocenters. The normalized spacial score (nSPS) is 14.3. The van der Waals surface area contributed by atoms with E-state index in [1.165, 1.54) is 0 Å². The summed E-state index contributed by atoms with van der Waals surface area (Å²) in [5, 5.41) is 12.0. The Balaban J connectivity index is 2.59. The van der Waals surface area contributed by atoms with E-state index in [0.717, 1.165) is 12.0 Å². The standard InChI is InChI=1S/C14H22N2O2/c1-10(2)8-12(9-17)16-14(18)13(15)11-6-4-3-5-7-11/h3-7,10,12-13,17H,8-9,15H2,1-2H3,(H,16,18)/t12?,13-/m0/s1. The molecule has 1 unspecified atom stereocenters. The van der Waals surface area contributed by atoms with Gasteiger partial charge in [-0.05, 0) is 17.9 Å². The van der Waals surface area contributed by atoms with Crippen LogP contribution >= 0.6 is 0 Å². The lowest BCUT2D eigenvalue weighted by Crippen LogP contribution is -2.43. The molecule has 0 heterocycles. The zero-order valence-corrected chi connectivity index (χ0v) is 11.0. The molecule has 1 aromatic rings. The highest BCUT2D eigenvalue weighted by Crippen LogP contribution is 2.11. The monoisotopic (exact) mass is 250 g/mol. The fraction of sp³-hybridized carbons (Fsp3) is 0.500. The Morgan fingerprint density at radius 2 is 1.94 bits per heavy atom. The van der Waals surface area contributed by atoms with Gasteiger partial charge >= 0.3 is 0 Å². The first-order valence-corrected chi connectivity index (χ1v) is 6.26. The van der Waals surface area contributed by atoms with E-state index in [4.69, 9.17) is 5.73 Å². The SMILES string of the molecule is CC(C)CC(CO)NC(=O)[C@@H](N)c1ccccc1. The minimum atomic E-state index is -0.688. The molecule has 0 radical (unpaired) electrons. The molecule has 0 fully saturated rings. The number of carbonyl (C=O) groups is 1. The van der Waals surface area contributed by atoms with Crippen LogP contribution in [0, 0.1) is 5.92 Å². The Kier molecular flexibility index (Phi) is 5.82. The molecule has 1 amide bonds. The molecule has 0 aliphatic rings. The summed E-state index contributed by atoms with van der Waals surface area (Å²) in [6.07, 6.45) is 0.740. The third-order valence-corrected chi connectivity index (χ3v) is 2.76. The second kappa shape index (κ2) is 7.13. The van der Waals surface area contributed by atoms with E-state index in [1.54, 1.807) is 0 Å². The molecule has 1 rings (SSSR count). The Bertz CT molecular complexity index is 365. The molecule has 1 aromatic carbocycles. The predicted molar refractivity (Wildman–Crippen MR) is 71.8 cm³/mol. The van der Waals surface area contributed by atoms with E-state index >= 15 is 0 Å². The van der Waals surface area contributed by atoms with Crippen LogP contribution in [-0.4, -0.2) is 23.7 Å². The van der Waals surface area contributed by atoms with Crippen LogP contribution < -0.4 is 11.1 Å². The summed E-state index contributed by atoms with van der Waals surface area (Å²) in [5.74, 6) is 0.163. The number of aliphatic hydroxyl groups is 1. The molecule has 0 saturated heterocycles. The molecule has 0 aliphatic carbocycles. The van der Waals surface area contributed by atoms with E-state index in [-0.39, 0.29) is 18.6 Å². The molecule has 0 aliphatic heterocycles. The number of hydrogen-bond donors (Lipinski definition) is 3. The third kappa shape index (κ3) is 4.47. The van der Waals surface area contributed by atoms with E-state index in [9.17, 15) is 9.90 Å². The van der Waals surface area contributed by atoms with E-state index in [0.29, 0.717) is 5.92 Å². The summed E-state index contributed by atoms with van der Waals surface area (Å²) < 4.78 is 0. The number of amides is 1. The Labute approximate surface area is 108 Å². The van der Waals surface area contributed by atoms with Crippen molar-refractivity contribution in [3.8, 4) is 0 Å². The van der Waals surface area contributed by atoms with Gasteiger partial charge in [0, 0.05) is 0 Å². The number of rotatable bonds is 6. The second-order valence-corrected chi connectivity index (χ2v) is 4.91. The minimum Gasteiger partial charge on any atom is -0.394 e. The first-order valence-electron chi connectivity index (χ1n) is 6.26. The maximum absolute atomic E-state index is 11.9. The van der Waals surface area contributed by atoms with Gasteiger partial charge in [-0.1, -0.05) is 44.2 Å². The first-order chi connectivity index (χ1) is 8.54. The summed E-state index contributed by atoms with van der Waals surface area (Å²) >= 11 is 0. The van der Waals surface area contributed by atoms with Crippen molar-refractivity contribution in [3.63, 3.8) is 0 Å². The van der Waals surface area contributed by atoms with Gasteiger partial charge in [0.1, 0.15) is 6.04 Å². The first kappa shape index (κ1) is 14.7. The van der Waals surface area contributed by atoms with Crippen LogP contribution in [-0.2, 0) is 4.79 Å². The van der Waals surface area contributed by atoms with Gasteiger partial charge in [0.05, 0.1) is 12.6 Å². The summed E-state index contributed by atoms with van der Waals surface area (Å²) in [6, 6.07) is 8.30. The average Bonchev–Trinajstić information content (AvgIpc) is 2.37. The predicted octanol–water partition coefficient (Wildman–Crippen LogP) is 1.21. The van der Waals surface area contributed by atoms with Gasteiger partial charge < -0.3 is 16.2 Å². The lowest BCUT2D eigenvalue weighted by atomic mass is 10.0. The van der Waals surface area contributed by atoms with Gasteiger partial charge in [-0.3, -0.25) is 4.79 Å². The molecule has 0 aromatic heterocycles. The maximum atomic E-state index is 11.9. The van der Waals surface area contributed by atoms with Crippen LogP contribution in [0.25, 0.3) is 0 Å². The van der Waals surface area contributed by atoms with Gasteiger partial charge in [-0.15, -0.1) is 0 Å². The van der Waals surface area contributed by atoms with Gasteiger partial charge in [-0.25, -0.2) is 0 Å². The summed E-state index contributed by atoms with van der Waals surface area (Å²) in [5.41, 5.74) is 6.65. The Morgan fingerprint density at radius 3 is 2.44 bits per heavy atom. The van der Waals surface area contributed by atoms with Crippen molar-refractivity contribution in [1.29, 1.82) is 0 Å². The fourth-order valence-corrected chi connectivity index (χ4v) is 1.85. The van der Waals surface area contributed by atoms with Crippen molar-refractivity contribution in [2.24, 2.45) is 11.7 Å². The van der Waals surface area contributed by atoms with Crippen LogP contribution in [0.15, 0.2) is 30.3 Å². The second-order valence-electron chi connectivity index (χ2n) is 4.91. The Morgan fingerprint density at radius 1 is 1.33 bits per heavy atom. The number of aliphatic hydroxyl groups excluding tert-OH is 1. The van der Waals surface area contributed by atoms with Crippen LogP contribution in [0.1, 0.15) is 31.9 Å². The minimum absolute atomic E-state index is 0.0641. The van der Waals surface area contributed by atoms with Crippen molar-refractivity contribution in [3.05, 3.63) is 35.9 Å². The lowest BCUT2D eigenvalue weighted by Gasteiger charge is -2.20. The number of benzene rings is 1. The van der Waals surface area contributed by atoms with Crippen molar-refractivity contribution < 1.29 is 9.90 Å². The molecule has 0 bridgehead atoms. The average molecular weight is 250 g/mol. The number of nitrogens with two attached hydrogens (primary N) is 1. The van der Waals surface area contributed by atoms with Crippen LogP contribution in [0.2, 0.25) is 0 Å². The highest BCUT2D eigenvalue weighted by molar-refractivity contribution is 5.83. The van der Waals surface area contributed by atoms with Gasteiger partial charge in [0.15, 0.2) is 0 Å². The maximum Gasteiger partial charge on any atom is 0.241 e. The number of hydrogen-bond acceptors (Lipinski definition) is 3. The summed E-state index contributed by atoms with van der Waals surface area (Å²) in [6.45, 7) is 4.03. The topological polar surface area (TPSA) is 75.3 Å². The molecule has 4 N–H and O–H groups in total. The zero-order chi connectivity index (χ0) is 13.5. The quantitative estimate of drug-likeness (QED) is 0.710. The van der Waals surface area contributed by atoms with Crippen LogP contribution in [0.4, 0.5) is 0 Å². The smallest absolute Gasteiger partial charge is 0.241 e. The van der Waals surface area contributed by atoms with Gasteiger partial charge in [0.2, 0.25) is 5.91 Å². The highest BCUT2D eigenvalue weighted by atomic mass is 16.3. The number of carbonyl (C=O) groups excluding carboxylic acids is 1. The molecule has 4 nitrogen and oxygen atoms in total. The van der Waals surface area contributed by atoms with Gasteiger partial charge in [-0.2, -0.15) is 0 Å². The molecule has 0 saturated carbocycles. The van der Waals surface area contributed by atoms with Crippen molar-refractivity contribution in [2.45, 2.75) is 32.4 Å². The molecular weight excluding hydrogens is 228 g/mol. The van der Waals surface area contributed by atoms with Crippen molar-refractivity contribution >= 4 is 5.91 Å². The molecule has 18 heavy (non-hydrogen) atoms. The van der Waals surface area contributed by atoms with E-state index in [2.05, 4.69) is 5.32 Å².